The second-order valence-electron chi connectivity index (χ2n) is 3.18. The first-order valence-electron chi connectivity index (χ1n) is 4.56. The summed E-state index contributed by atoms with van der Waals surface area (Å²) in [5.41, 5.74) is 1.57. The number of carbonyl (C=O) groups is 1. The van der Waals surface area contributed by atoms with Gasteiger partial charge in [-0.3, -0.25) is 4.79 Å². The zero-order valence-electron chi connectivity index (χ0n) is 7.93. The van der Waals surface area contributed by atoms with Gasteiger partial charge in [-0.2, -0.15) is 0 Å². The Hall–Kier alpha value is -2.04. The zero-order valence-corrected chi connectivity index (χ0v) is 7.93. The number of hydrogen-bond acceptors (Lipinski definition) is 3. The standard InChI is InChI=1S/C10H10N2O3/c13-10(14)2-1-8-5-9(15-12-8)7-3-4-11-6-7/h3-6,11H,1-2H2,(H,13,14). The van der Waals surface area contributed by atoms with Gasteiger partial charge in [-0.15, -0.1) is 0 Å². The lowest BCUT2D eigenvalue weighted by Crippen LogP contribution is -1.97. The summed E-state index contributed by atoms with van der Waals surface area (Å²) in [6.07, 6.45) is 4.04. The molecule has 0 aliphatic carbocycles. The third kappa shape index (κ3) is 2.25. The average Bonchev–Trinajstić information content (AvgIpc) is 2.85. The molecule has 0 amide bonds. The van der Waals surface area contributed by atoms with E-state index < -0.39 is 5.97 Å². The number of hydrogen-bond donors (Lipinski definition) is 2. The molecular weight excluding hydrogens is 196 g/mol. The van der Waals surface area contributed by atoms with Gasteiger partial charge in [0.2, 0.25) is 0 Å². The van der Waals surface area contributed by atoms with Crippen LogP contribution in [-0.4, -0.2) is 21.2 Å². The first-order chi connectivity index (χ1) is 7.25. The van der Waals surface area contributed by atoms with Crippen molar-refractivity contribution in [2.75, 3.05) is 0 Å². The van der Waals surface area contributed by atoms with E-state index in [1.54, 1.807) is 18.5 Å². The van der Waals surface area contributed by atoms with E-state index in [9.17, 15) is 4.79 Å². The van der Waals surface area contributed by atoms with Crippen LogP contribution in [0.5, 0.6) is 0 Å². The van der Waals surface area contributed by atoms with E-state index >= 15 is 0 Å². The SMILES string of the molecule is O=C(O)CCc1cc(-c2cc[nH]c2)on1. The van der Waals surface area contributed by atoms with Crippen LogP contribution in [0.4, 0.5) is 0 Å². The summed E-state index contributed by atoms with van der Waals surface area (Å²) < 4.78 is 5.08. The van der Waals surface area contributed by atoms with E-state index in [4.69, 9.17) is 9.63 Å². The number of H-pyrrole nitrogens is 1. The normalized spacial score (nSPS) is 10.4. The number of nitrogens with zero attached hydrogens (tertiary/aromatic N) is 1. The van der Waals surface area contributed by atoms with Gasteiger partial charge in [0.05, 0.1) is 12.1 Å². The number of aromatic amines is 1. The second kappa shape index (κ2) is 4.00. The van der Waals surface area contributed by atoms with Crippen molar-refractivity contribution < 1.29 is 14.4 Å². The summed E-state index contributed by atoms with van der Waals surface area (Å²) in [7, 11) is 0. The number of carboxylic acids is 1. The Morgan fingerprint density at radius 2 is 2.47 bits per heavy atom. The van der Waals surface area contributed by atoms with Gasteiger partial charge < -0.3 is 14.6 Å². The predicted molar refractivity (Wildman–Crippen MR) is 52.2 cm³/mol. The molecule has 0 atom stereocenters. The molecule has 0 aromatic carbocycles. The summed E-state index contributed by atoms with van der Waals surface area (Å²) in [6.45, 7) is 0. The second-order valence-corrected chi connectivity index (χ2v) is 3.18. The van der Waals surface area contributed by atoms with Gasteiger partial charge in [0.25, 0.3) is 0 Å². The minimum atomic E-state index is -0.832. The molecule has 0 radical (unpaired) electrons. The minimum absolute atomic E-state index is 0.0686. The molecule has 0 aliphatic rings. The van der Waals surface area contributed by atoms with Gasteiger partial charge in [-0.05, 0) is 6.07 Å². The van der Waals surface area contributed by atoms with Crippen LogP contribution in [0.15, 0.2) is 29.0 Å². The largest absolute Gasteiger partial charge is 0.481 e. The van der Waals surface area contributed by atoms with Gasteiger partial charge in [-0.25, -0.2) is 0 Å². The Balaban J connectivity index is 2.08. The van der Waals surface area contributed by atoms with Gasteiger partial charge in [0, 0.05) is 30.4 Å². The monoisotopic (exact) mass is 206 g/mol. The highest BCUT2D eigenvalue weighted by molar-refractivity contribution is 5.67. The van der Waals surface area contributed by atoms with Gasteiger partial charge in [0.15, 0.2) is 5.76 Å². The van der Waals surface area contributed by atoms with E-state index in [0.717, 1.165) is 5.56 Å². The highest BCUT2D eigenvalue weighted by atomic mass is 16.5. The quantitative estimate of drug-likeness (QED) is 0.797. The molecule has 2 N–H and O–H groups in total. The molecule has 2 aromatic heterocycles. The Labute approximate surface area is 85.7 Å². The molecule has 0 saturated heterocycles. The van der Waals surface area contributed by atoms with Gasteiger partial charge in [0.1, 0.15) is 0 Å². The summed E-state index contributed by atoms with van der Waals surface area (Å²) >= 11 is 0. The van der Waals surface area contributed by atoms with Crippen LogP contribution in [0.3, 0.4) is 0 Å². The van der Waals surface area contributed by atoms with Gasteiger partial charge in [-0.1, -0.05) is 5.16 Å². The minimum Gasteiger partial charge on any atom is -0.481 e. The van der Waals surface area contributed by atoms with Crippen LogP contribution in [0, 0.1) is 0 Å². The number of rotatable bonds is 4. The summed E-state index contributed by atoms with van der Waals surface area (Å²) in [6, 6.07) is 3.62. The Morgan fingerprint density at radius 1 is 1.60 bits per heavy atom. The summed E-state index contributed by atoms with van der Waals surface area (Å²) in [4.78, 5) is 13.3. The number of nitrogens with one attached hydrogen (secondary N) is 1. The van der Waals surface area contributed by atoms with E-state index in [2.05, 4.69) is 10.1 Å². The molecule has 15 heavy (non-hydrogen) atoms. The average molecular weight is 206 g/mol. The van der Waals surface area contributed by atoms with Gasteiger partial charge >= 0.3 is 5.97 Å². The molecule has 78 valence electrons. The maximum atomic E-state index is 10.3. The van der Waals surface area contributed by atoms with Crippen molar-refractivity contribution in [1.82, 2.24) is 10.1 Å². The first kappa shape index (κ1) is 9.51. The first-order valence-corrected chi connectivity index (χ1v) is 4.56. The molecule has 0 aliphatic heterocycles. The lowest BCUT2D eigenvalue weighted by atomic mass is 10.2. The summed E-state index contributed by atoms with van der Waals surface area (Å²) in [5.74, 6) is -0.183. The third-order valence-corrected chi connectivity index (χ3v) is 2.04. The predicted octanol–water partition coefficient (Wildman–Crippen LogP) is 1.69. The highest BCUT2D eigenvalue weighted by Gasteiger charge is 2.08. The lowest BCUT2D eigenvalue weighted by Gasteiger charge is -1.87. The van der Waals surface area contributed by atoms with Crippen LogP contribution in [0.25, 0.3) is 11.3 Å². The lowest BCUT2D eigenvalue weighted by molar-refractivity contribution is -0.136. The van der Waals surface area contributed by atoms with Crippen molar-refractivity contribution in [3.63, 3.8) is 0 Å². The van der Waals surface area contributed by atoms with Crippen LogP contribution < -0.4 is 0 Å². The fourth-order valence-electron chi connectivity index (χ4n) is 1.28. The fourth-order valence-corrected chi connectivity index (χ4v) is 1.28. The van der Waals surface area contributed by atoms with Crippen LogP contribution in [-0.2, 0) is 11.2 Å². The topological polar surface area (TPSA) is 79.1 Å². The molecule has 0 spiro atoms. The van der Waals surface area contributed by atoms with Crippen LogP contribution in [0.1, 0.15) is 12.1 Å². The fraction of sp³-hybridized carbons (Fsp3) is 0.200. The van der Waals surface area contributed by atoms with Crippen molar-refractivity contribution >= 4 is 5.97 Å². The summed E-state index contributed by atoms with van der Waals surface area (Å²) in [5, 5.41) is 12.3. The Morgan fingerprint density at radius 3 is 3.13 bits per heavy atom. The molecule has 2 rings (SSSR count). The Bertz CT molecular complexity index is 445. The molecule has 0 fully saturated rings. The zero-order chi connectivity index (χ0) is 10.7. The molecule has 2 heterocycles. The third-order valence-electron chi connectivity index (χ3n) is 2.04. The molecular formula is C10H10N2O3. The maximum Gasteiger partial charge on any atom is 0.303 e. The molecule has 0 unspecified atom stereocenters. The molecule has 0 saturated carbocycles. The van der Waals surface area contributed by atoms with Crippen molar-refractivity contribution in [2.24, 2.45) is 0 Å². The molecule has 0 bridgehead atoms. The molecule has 5 nitrogen and oxygen atoms in total. The number of aryl methyl sites for hydroxylation is 1. The van der Waals surface area contributed by atoms with Crippen LogP contribution in [0.2, 0.25) is 0 Å². The smallest absolute Gasteiger partial charge is 0.303 e. The van der Waals surface area contributed by atoms with Crippen molar-refractivity contribution in [3.05, 3.63) is 30.2 Å². The van der Waals surface area contributed by atoms with Crippen molar-refractivity contribution in [1.29, 1.82) is 0 Å². The van der Waals surface area contributed by atoms with E-state index in [0.29, 0.717) is 17.9 Å². The van der Waals surface area contributed by atoms with Crippen LogP contribution >= 0.6 is 0 Å². The maximum absolute atomic E-state index is 10.3. The highest BCUT2D eigenvalue weighted by Crippen LogP contribution is 2.19. The molecule has 5 heteroatoms. The van der Waals surface area contributed by atoms with Crippen molar-refractivity contribution in [2.45, 2.75) is 12.8 Å². The van der Waals surface area contributed by atoms with E-state index in [-0.39, 0.29) is 6.42 Å². The number of carboxylic acid groups (broad SMARTS) is 1. The van der Waals surface area contributed by atoms with E-state index in [1.165, 1.54) is 0 Å². The van der Waals surface area contributed by atoms with Crippen molar-refractivity contribution in [3.8, 4) is 11.3 Å². The number of aliphatic carboxylic acids is 1. The van der Waals surface area contributed by atoms with E-state index in [1.807, 2.05) is 6.07 Å². The molecule has 2 aromatic rings. The Kier molecular flexibility index (Phi) is 2.53. The number of aromatic nitrogens is 2.